The van der Waals surface area contributed by atoms with Crippen LogP contribution in [0, 0.1) is 0 Å². The maximum Gasteiger partial charge on any atom is 0.327 e. The zero-order chi connectivity index (χ0) is 19.1. The van der Waals surface area contributed by atoms with E-state index in [0.29, 0.717) is 10.6 Å². The molecule has 0 aliphatic carbocycles. The number of hydrogen-bond acceptors (Lipinski definition) is 6. The lowest BCUT2D eigenvalue weighted by molar-refractivity contribution is -0.152. The Hall–Kier alpha value is -3.43. The molecule has 1 aromatic carbocycles. The highest BCUT2D eigenvalue weighted by Gasteiger charge is 2.36. The van der Waals surface area contributed by atoms with E-state index in [-0.39, 0.29) is 5.56 Å². The van der Waals surface area contributed by atoms with Crippen molar-refractivity contribution in [3.8, 4) is 0 Å². The van der Waals surface area contributed by atoms with Crippen LogP contribution in [0.15, 0.2) is 24.3 Å². The molecule has 0 fully saturated rings. The molecule has 0 saturated carbocycles. The van der Waals surface area contributed by atoms with Crippen molar-refractivity contribution in [2.45, 2.75) is 19.4 Å². The Bertz CT molecular complexity index is 700. The maximum absolute atomic E-state index is 12.6. The molecule has 0 spiro atoms. The van der Waals surface area contributed by atoms with Crippen molar-refractivity contribution in [2.75, 3.05) is 12.3 Å². The minimum Gasteiger partial charge on any atom is -0.481 e. The molecule has 0 aliphatic rings. The minimum absolute atomic E-state index is 0.0537. The number of carboxylic acid groups (broad SMARTS) is 2. The number of imide groups is 1. The van der Waals surface area contributed by atoms with E-state index in [9.17, 15) is 29.1 Å². The fraction of sp³-hybridized carbons (Fsp3) is 0.267. The smallest absolute Gasteiger partial charge is 0.327 e. The van der Waals surface area contributed by atoms with Crippen LogP contribution in [-0.4, -0.2) is 57.4 Å². The molecule has 0 radical (unpaired) electrons. The molecule has 134 valence electrons. The Labute approximate surface area is 142 Å². The number of nitrogens with two attached hydrogens (primary N) is 1. The number of nitrogens with zero attached hydrogens (tertiary/aromatic N) is 1. The summed E-state index contributed by atoms with van der Waals surface area (Å²) in [5.41, 5.74) is 5.79. The molecule has 0 unspecified atom stereocenters. The molecular weight excluding hydrogens is 334 g/mol. The average molecular weight is 351 g/mol. The molecule has 10 nitrogen and oxygen atoms in total. The summed E-state index contributed by atoms with van der Waals surface area (Å²) in [5.74, 6) is -5.80. The lowest BCUT2D eigenvalue weighted by Gasteiger charge is -2.26. The molecule has 0 aromatic heterocycles. The van der Waals surface area contributed by atoms with E-state index in [1.807, 2.05) is 0 Å². The van der Waals surface area contributed by atoms with Crippen molar-refractivity contribution in [2.24, 2.45) is 0 Å². The second-order valence-corrected chi connectivity index (χ2v) is 5.05. The van der Waals surface area contributed by atoms with Gasteiger partial charge in [0.2, 0.25) is 11.8 Å². The first-order chi connectivity index (χ1) is 11.6. The van der Waals surface area contributed by atoms with Crippen LogP contribution in [0.2, 0.25) is 0 Å². The van der Waals surface area contributed by atoms with Crippen LogP contribution in [0.3, 0.4) is 0 Å². The van der Waals surface area contributed by atoms with Gasteiger partial charge in [-0.05, 0) is 24.3 Å². The summed E-state index contributed by atoms with van der Waals surface area (Å²) in [7, 11) is 0. The summed E-state index contributed by atoms with van der Waals surface area (Å²) < 4.78 is 0. The highest BCUT2D eigenvalue weighted by Crippen LogP contribution is 2.14. The van der Waals surface area contributed by atoms with Gasteiger partial charge in [-0.1, -0.05) is 0 Å². The van der Waals surface area contributed by atoms with Gasteiger partial charge in [0.15, 0.2) is 0 Å². The summed E-state index contributed by atoms with van der Waals surface area (Å²) in [6.07, 6.45) is -0.984. The second-order valence-electron chi connectivity index (χ2n) is 5.05. The van der Waals surface area contributed by atoms with Crippen LogP contribution in [0.1, 0.15) is 23.7 Å². The van der Waals surface area contributed by atoms with Crippen molar-refractivity contribution in [1.82, 2.24) is 10.2 Å². The van der Waals surface area contributed by atoms with Gasteiger partial charge in [-0.25, -0.2) is 4.79 Å². The number of nitrogen functional groups attached to an aromatic ring is 1. The number of anilines is 1. The quantitative estimate of drug-likeness (QED) is 0.468. The van der Waals surface area contributed by atoms with Crippen LogP contribution in [0.25, 0.3) is 0 Å². The van der Waals surface area contributed by atoms with Gasteiger partial charge in [0.1, 0.15) is 6.04 Å². The van der Waals surface area contributed by atoms with E-state index in [1.54, 1.807) is 0 Å². The highest BCUT2D eigenvalue weighted by molar-refractivity contribution is 6.08. The summed E-state index contributed by atoms with van der Waals surface area (Å²) in [6, 6.07) is 3.36. The fourth-order valence-corrected chi connectivity index (χ4v) is 1.93. The van der Waals surface area contributed by atoms with Crippen LogP contribution < -0.4 is 11.1 Å². The summed E-state index contributed by atoms with van der Waals surface area (Å²) in [5, 5.41) is 20.3. The fourth-order valence-electron chi connectivity index (χ4n) is 1.93. The summed E-state index contributed by atoms with van der Waals surface area (Å²) in [6.45, 7) is 0.477. The van der Waals surface area contributed by atoms with Gasteiger partial charge in [0.05, 0.1) is 13.0 Å². The van der Waals surface area contributed by atoms with Crippen LogP contribution in [0.4, 0.5) is 5.69 Å². The lowest BCUT2D eigenvalue weighted by Crippen LogP contribution is -2.52. The van der Waals surface area contributed by atoms with Crippen molar-refractivity contribution in [3.05, 3.63) is 29.8 Å². The third kappa shape index (κ3) is 5.61. The third-order valence-corrected chi connectivity index (χ3v) is 3.10. The van der Waals surface area contributed by atoms with Crippen molar-refractivity contribution < 1.29 is 34.2 Å². The number of carboxylic acids is 2. The normalized spacial score (nSPS) is 11.2. The number of carbonyl (C=O) groups is 5. The molecule has 5 N–H and O–H groups in total. The maximum atomic E-state index is 12.6. The highest BCUT2D eigenvalue weighted by atomic mass is 16.4. The van der Waals surface area contributed by atoms with E-state index in [4.69, 9.17) is 10.8 Å². The summed E-state index contributed by atoms with van der Waals surface area (Å²) in [4.78, 5) is 58.4. The van der Waals surface area contributed by atoms with Gasteiger partial charge in [-0.3, -0.25) is 24.1 Å². The van der Waals surface area contributed by atoms with Gasteiger partial charge >= 0.3 is 11.9 Å². The van der Waals surface area contributed by atoms with E-state index >= 15 is 0 Å². The summed E-state index contributed by atoms with van der Waals surface area (Å²) >= 11 is 0. The molecule has 25 heavy (non-hydrogen) atoms. The number of carbonyl (C=O) groups excluding carboxylic acids is 3. The molecule has 0 saturated heterocycles. The van der Waals surface area contributed by atoms with E-state index < -0.39 is 48.7 Å². The SMILES string of the molecule is CC(=O)NCC(=O)N(C(=O)c1ccc(N)cc1)[C@@H](CC(=O)O)C(=O)O. The molecule has 10 heteroatoms. The molecule has 1 atom stereocenters. The first kappa shape index (κ1) is 19.6. The molecule has 1 rings (SSSR count). The molecule has 0 heterocycles. The third-order valence-electron chi connectivity index (χ3n) is 3.10. The number of hydrogen-bond donors (Lipinski definition) is 4. The zero-order valence-electron chi connectivity index (χ0n) is 13.3. The molecule has 0 bridgehead atoms. The number of amides is 3. The van der Waals surface area contributed by atoms with Gasteiger partial charge in [0, 0.05) is 18.2 Å². The second kappa shape index (κ2) is 8.43. The van der Waals surface area contributed by atoms with Crippen LogP contribution in [0.5, 0.6) is 0 Å². The minimum atomic E-state index is -1.93. The predicted molar refractivity (Wildman–Crippen MR) is 84.4 cm³/mol. The zero-order valence-corrected chi connectivity index (χ0v) is 13.3. The molecule has 1 aromatic rings. The molecule has 3 amide bonds. The number of rotatable bonds is 7. The van der Waals surface area contributed by atoms with E-state index in [0.717, 1.165) is 6.92 Å². The van der Waals surface area contributed by atoms with E-state index in [2.05, 4.69) is 5.32 Å². The monoisotopic (exact) mass is 351 g/mol. The Balaban J connectivity index is 3.24. The number of nitrogens with one attached hydrogen (secondary N) is 1. The van der Waals surface area contributed by atoms with Crippen molar-refractivity contribution in [3.63, 3.8) is 0 Å². The van der Waals surface area contributed by atoms with Crippen LogP contribution in [-0.2, 0) is 19.2 Å². The Morgan fingerprint density at radius 2 is 1.68 bits per heavy atom. The standard InChI is InChI=1S/C15H17N3O7/c1-8(19)17-7-12(20)18(11(15(24)25)6-13(21)22)14(23)9-2-4-10(16)5-3-9/h2-5,11H,6-7,16H2,1H3,(H,17,19)(H,21,22)(H,24,25)/t11-/m0/s1. The average Bonchev–Trinajstić information content (AvgIpc) is 2.52. The van der Waals surface area contributed by atoms with E-state index in [1.165, 1.54) is 24.3 Å². The predicted octanol–water partition coefficient (Wildman–Crippen LogP) is -0.698. The number of aliphatic carboxylic acids is 2. The van der Waals surface area contributed by atoms with Crippen molar-refractivity contribution >= 4 is 35.3 Å². The largest absolute Gasteiger partial charge is 0.481 e. The molecular formula is C15H17N3O7. The Morgan fingerprint density at radius 3 is 2.12 bits per heavy atom. The van der Waals surface area contributed by atoms with Gasteiger partial charge in [-0.2, -0.15) is 0 Å². The Morgan fingerprint density at radius 1 is 1.12 bits per heavy atom. The van der Waals surface area contributed by atoms with Gasteiger partial charge in [0.25, 0.3) is 5.91 Å². The van der Waals surface area contributed by atoms with Crippen LogP contribution >= 0.6 is 0 Å². The lowest BCUT2D eigenvalue weighted by atomic mass is 10.1. The topological polar surface area (TPSA) is 167 Å². The van der Waals surface area contributed by atoms with Gasteiger partial charge < -0.3 is 21.3 Å². The molecule has 0 aliphatic heterocycles. The Kier molecular flexibility index (Phi) is 6.61. The number of benzene rings is 1. The van der Waals surface area contributed by atoms with Gasteiger partial charge in [-0.15, -0.1) is 0 Å². The van der Waals surface area contributed by atoms with Crippen molar-refractivity contribution in [1.29, 1.82) is 0 Å². The first-order valence-corrected chi connectivity index (χ1v) is 7.04. The first-order valence-electron chi connectivity index (χ1n) is 7.04.